The van der Waals surface area contributed by atoms with Gasteiger partial charge in [-0.15, -0.1) is 9.19 Å². The van der Waals surface area contributed by atoms with Gasteiger partial charge in [0.05, 0.1) is 21.7 Å². The van der Waals surface area contributed by atoms with Crippen LogP contribution in [0, 0.1) is 13.8 Å². The van der Waals surface area contributed by atoms with Crippen LogP contribution in [0.5, 0.6) is 0 Å². The summed E-state index contributed by atoms with van der Waals surface area (Å²) < 4.78 is 54.8. The molecule has 0 saturated carbocycles. The topological polar surface area (TPSA) is 102 Å². The molecule has 0 aliphatic heterocycles. The molecule has 10 heteroatoms. The number of hydrogen-bond donors (Lipinski definition) is 0. The molecule has 4 rings (SSSR count). The lowest BCUT2D eigenvalue weighted by molar-refractivity contribution is 0.408. The average Bonchev–Trinajstić information content (AvgIpc) is 3.33. The Balaban J connectivity index is 1.57. The second-order valence-corrected chi connectivity index (χ2v) is 12.0. The third kappa shape index (κ3) is 5.67. The summed E-state index contributed by atoms with van der Waals surface area (Å²) in [6.45, 7) is 4.04. The molecule has 1 heterocycles. The van der Waals surface area contributed by atoms with Gasteiger partial charge in [0, 0.05) is 19.5 Å². The van der Waals surface area contributed by atoms with Gasteiger partial charge in [0.25, 0.3) is 10.0 Å². The summed E-state index contributed by atoms with van der Waals surface area (Å²) in [6.07, 6.45) is 1.52. The molecule has 0 aliphatic rings. The Labute approximate surface area is 206 Å². The average molecular weight is 511 g/mol. The van der Waals surface area contributed by atoms with Crippen molar-refractivity contribution in [2.45, 2.75) is 36.6 Å². The van der Waals surface area contributed by atoms with Gasteiger partial charge in [-0.05, 0) is 43.7 Å². The molecule has 182 valence electrons. The van der Waals surface area contributed by atoms with Crippen LogP contribution in [0.1, 0.15) is 22.4 Å². The standard InChI is InChI=1S/C25H26N4O4S2/c1-20-8-12-24(13-9-20)34(30,31)28(18-22-6-4-3-5-7-22)17-16-23-19-29(27-26-23)35(32,33)25-14-10-21(2)11-15-25/h3-15,19H,16-18H2,1-2H3. The van der Waals surface area contributed by atoms with Crippen molar-refractivity contribution in [3.8, 4) is 0 Å². The van der Waals surface area contributed by atoms with Crippen molar-refractivity contribution in [2.75, 3.05) is 6.54 Å². The second-order valence-electron chi connectivity index (χ2n) is 8.29. The van der Waals surface area contributed by atoms with E-state index in [1.165, 1.54) is 22.6 Å². The summed E-state index contributed by atoms with van der Waals surface area (Å²) >= 11 is 0. The van der Waals surface area contributed by atoms with E-state index in [2.05, 4.69) is 10.3 Å². The normalized spacial score (nSPS) is 12.2. The van der Waals surface area contributed by atoms with Crippen molar-refractivity contribution in [3.05, 3.63) is 107 Å². The molecule has 4 aromatic rings. The minimum absolute atomic E-state index is 0.104. The van der Waals surface area contributed by atoms with Crippen LogP contribution in [0.15, 0.2) is 94.9 Å². The van der Waals surface area contributed by atoms with Crippen molar-refractivity contribution in [1.29, 1.82) is 0 Å². The van der Waals surface area contributed by atoms with E-state index >= 15 is 0 Å². The Morgan fingerprint density at radius 1 is 0.771 bits per heavy atom. The first-order valence-corrected chi connectivity index (χ1v) is 13.9. The molecule has 3 aromatic carbocycles. The predicted molar refractivity (Wildman–Crippen MR) is 133 cm³/mol. The van der Waals surface area contributed by atoms with Gasteiger partial charge in [0.15, 0.2) is 0 Å². The van der Waals surface area contributed by atoms with E-state index < -0.39 is 20.0 Å². The number of hydrogen-bond acceptors (Lipinski definition) is 6. The molecule has 0 aliphatic carbocycles. The smallest absolute Gasteiger partial charge is 0.207 e. The molecule has 0 saturated heterocycles. The lowest BCUT2D eigenvalue weighted by Crippen LogP contribution is -2.32. The zero-order valence-corrected chi connectivity index (χ0v) is 21.1. The van der Waals surface area contributed by atoms with E-state index in [9.17, 15) is 16.8 Å². The molecule has 0 N–H and O–H groups in total. The van der Waals surface area contributed by atoms with E-state index in [1.807, 2.05) is 44.2 Å². The molecule has 35 heavy (non-hydrogen) atoms. The van der Waals surface area contributed by atoms with E-state index in [1.54, 1.807) is 36.4 Å². The van der Waals surface area contributed by atoms with Crippen molar-refractivity contribution < 1.29 is 16.8 Å². The van der Waals surface area contributed by atoms with E-state index in [0.29, 0.717) is 5.69 Å². The quantitative estimate of drug-likeness (QED) is 0.341. The van der Waals surface area contributed by atoms with Crippen LogP contribution in [0.25, 0.3) is 0 Å². The van der Waals surface area contributed by atoms with Gasteiger partial charge >= 0.3 is 0 Å². The zero-order valence-electron chi connectivity index (χ0n) is 19.4. The first kappa shape index (κ1) is 24.8. The van der Waals surface area contributed by atoms with Gasteiger partial charge in [-0.25, -0.2) is 8.42 Å². The van der Waals surface area contributed by atoms with E-state index in [0.717, 1.165) is 20.8 Å². The van der Waals surface area contributed by atoms with Gasteiger partial charge in [-0.1, -0.05) is 70.9 Å². The molecule has 0 atom stereocenters. The third-order valence-electron chi connectivity index (χ3n) is 5.56. The van der Waals surface area contributed by atoms with Crippen LogP contribution in [0.4, 0.5) is 0 Å². The lowest BCUT2D eigenvalue weighted by Gasteiger charge is -2.22. The van der Waals surface area contributed by atoms with Gasteiger partial charge in [-0.3, -0.25) is 0 Å². The summed E-state index contributed by atoms with van der Waals surface area (Å²) in [5.41, 5.74) is 3.12. The third-order valence-corrected chi connectivity index (χ3v) is 8.96. The van der Waals surface area contributed by atoms with Gasteiger partial charge in [0.2, 0.25) is 10.0 Å². The summed E-state index contributed by atoms with van der Waals surface area (Å²) in [5, 5.41) is 7.77. The fourth-order valence-electron chi connectivity index (χ4n) is 3.50. The number of rotatable bonds is 9. The molecular weight excluding hydrogens is 484 g/mol. The monoisotopic (exact) mass is 510 g/mol. The first-order chi connectivity index (χ1) is 16.7. The lowest BCUT2D eigenvalue weighted by atomic mass is 10.2. The molecule has 1 aromatic heterocycles. The van der Waals surface area contributed by atoms with Crippen molar-refractivity contribution in [2.24, 2.45) is 0 Å². The predicted octanol–water partition coefficient (Wildman–Crippen LogP) is 3.57. The molecule has 0 unspecified atom stereocenters. The number of benzene rings is 3. The van der Waals surface area contributed by atoms with Crippen molar-refractivity contribution in [1.82, 2.24) is 18.7 Å². The van der Waals surface area contributed by atoms with Crippen molar-refractivity contribution in [3.63, 3.8) is 0 Å². The van der Waals surface area contributed by atoms with Gasteiger partial charge in [-0.2, -0.15) is 12.7 Å². The highest BCUT2D eigenvalue weighted by molar-refractivity contribution is 7.90. The van der Waals surface area contributed by atoms with Crippen molar-refractivity contribution >= 4 is 20.0 Å². The van der Waals surface area contributed by atoms with Crippen LogP contribution in [-0.4, -0.2) is 42.1 Å². The fraction of sp³-hybridized carbons (Fsp3) is 0.200. The number of aryl methyl sites for hydroxylation is 2. The molecule has 0 amide bonds. The van der Waals surface area contributed by atoms with Crippen LogP contribution in [-0.2, 0) is 33.0 Å². The summed E-state index contributed by atoms with van der Waals surface area (Å²) in [7, 11) is -7.68. The summed E-state index contributed by atoms with van der Waals surface area (Å²) in [5.74, 6) is 0. The zero-order chi connectivity index (χ0) is 25.1. The molecule has 8 nitrogen and oxygen atoms in total. The van der Waals surface area contributed by atoms with Gasteiger partial charge in [0.1, 0.15) is 0 Å². The summed E-state index contributed by atoms with van der Waals surface area (Å²) in [6, 6.07) is 22.5. The van der Waals surface area contributed by atoms with E-state index in [-0.39, 0.29) is 29.3 Å². The maximum atomic E-state index is 13.4. The fourth-order valence-corrected chi connectivity index (χ4v) is 6.02. The van der Waals surface area contributed by atoms with E-state index in [4.69, 9.17) is 0 Å². The Bertz CT molecular complexity index is 1500. The highest BCUT2D eigenvalue weighted by Crippen LogP contribution is 2.20. The maximum Gasteiger partial charge on any atom is 0.284 e. The van der Waals surface area contributed by atoms with Crippen LogP contribution < -0.4 is 0 Å². The number of aromatic nitrogens is 3. The molecule has 0 fully saturated rings. The largest absolute Gasteiger partial charge is 0.284 e. The van der Waals surface area contributed by atoms with Gasteiger partial charge < -0.3 is 0 Å². The Morgan fingerprint density at radius 2 is 1.34 bits per heavy atom. The van der Waals surface area contributed by atoms with Crippen LogP contribution in [0.2, 0.25) is 0 Å². The first-order valence-electron chi connectivity index (χ1n) is 11.0. The van der Waals surface area contributed by atoms with Crippen LogP contribution in [0.3, 0.4) is 0 Å². The Morgan fingerprint density at radius 3 is 1.94 bits per heavy atom. The summed E-state index contributed by atoms with van der Waals surface area (Å²) in [4.78, 5) is 0.303. The molecule has 0 bridgehead atoms. The second kappa shape index (κ2) is 10.1. The SMILES string of the molecule is Cc1ccc(S(=O)(=O)N(CCc2cn(S(=O)(=O)c3ccc(C)cc3)nn2)Cc2ccccc2)cc1. The molecule has 0 radical (unpaired) electrons. The minimum Gasteiger partial charge on any atom is -0.207 e. The maximum absolute atomic E-state index is 13.4. The Hall–Kier alpha value is -3.34. The highest BCUT2D eigenvalue weighted by Gasteiger charge is 2.25. The number of sulfonamides is 1. The molecule has 0 spiro atoms. The number of nitrogens with zero attached hydrogens (tertiary/aromatic N) is 4. The van der Waals surface area contributed by atoms with Crippen LogP contribution >= 0.6 is 0 Å². The highest BCUT2D eigenvalue weighted by atomic mass is 32.2. The minimum atomic E-state index is -3.89. The Kier molecular flexibility index (Phi) is 7.15. The molecular formula is C25H26N4O4S2.